The number of amides is 1. The van der Waals surface area contributed by atoms with E-state index in [0.717, 1.165) is 5.56 Å². The summed E-state index contributed by atoms with van der Waals surface area (Å²) in [4.78, 5) is 25.3. The maximum absolute atomic E-state index is 12.2. The smallest absolute Gasteiger partial charge is 0.254 e. The van der Waals surface area contributed by atoms with Crippen LogP contribution in [0.15, 0.2) is 30.3 Å². The van der Waals surface area contributed by atoms with Crippen LogP contribution in [0.2, 0.25) is 0 Å². The number of carbonyl (C=O) groups excluding carboxylic acids is 2. The predicted molar refractivity (Wildman–Crippen MR) is 71.2 cm³/mol. The Hall–Kier alpha value is -1.68. The highest BCUT2D eigenvalue weighted by molar-refractivity contribution is 5.85. The number of rotatable bonds is 4. The van der Waals surface area contributed by atoms with E-state index in [-0.39, 0.29) is 18.1 Å². The van der Waals surface area contributed by atoms with Crippen molar-refractivity contribution in [1.29, 1.82) is 0 Å². The van der Waals surface area contributed by atoms with Gasteiger partial charge in [0, 0.05) is 6.54 Å². The minimum absolute atomic E-state index is 0.0162. The molecule has 0 N–H and O–H groups in total. The van der Waals surface area contributed by atoms with Gasteiger partial charge in [0.1, 0.15) is 17.6 Å². The van der Waals surface area contributed by atoms with Gasteiger partial charge in [0.15, 0.2) is 0 Å². The van der Waals surface area contributed by atoms with E-state index in [1.807, 2.05) is 30.3 Å². The molecule has 1 aliphatic rings. The molecule has 2 atom stereocenters. The Morgan fingerprint density at radius 1 is 1.37 bits per heavy atom. The van der Waals surface area contributed by atoms with Gasteiger partial charge in [0.05, 0.1) is 6.42 Å². The third-order valence-electron chi connectivity index (χ3n) is 3.38. The molecule has 0 unspecified atom stereocenters. The first-order chi connectivity index (χ1) is 8.92. The van der Waals surface area contributed by atoms with Gasteiger partial charge in [0.25, 0.3) is 5.91 Å². The van der Waals surface area contributed by atoms with Crippen LogP contribution in [0.3, 0.4) is 0 Å². The third-order valence-corrected chi connectivity index (χ3v) is 3.38. The summed E-state index contributed by atoms with van der Waals surface area (Å²) in [6.07, 6.45) is -0.274. The Balaban J connectivity index is 2.23. The van der Waals surface area contributed by atoms with Crippen LogP contribution in [-0.2, 0) is 20.9 Å². The topological polar surface area (TPSA) is 46.6 Å². The molecular weight excluding hydrogens is 242 g/mol. The lowest BCUT2D eigenvalue weighted by Crippen LogP contribution is -2.45. The molecule has 1 heterocycles. The zero-order valence-electron chi connectivity index (χ0n) is 11.6. The minimum Gasteiger partial charge on any atom is -0.343 e. The van der Waals surface area contributed by atoms with Crippen LogP contribution in [0.1, 0.15) is 32.8 Å². The average Bonchev–Trinajstić information content (AvgIpc) is 2.53. The van der Waals surface area contributed by atoms with Crippen LogP contribution in [0.5, 0.6) is 0 Å². The molecule has 1 aromatic rings. The van der Waals surface area contributed by atoms with E-state index in [9.17, 15) is 9.59 Å². The number of nitrogens with zero attached hydrogens (tertiary/aromatic N) is 1. The second kappa shape index (κ2) is 5.13. The Labute approximate surface area is 113 Å². The fourth-order valence-electron chi connectivity index (χ4n) is 2.56. The molecule has 1 aliphatic heterocycles. The van der Waals surface area contributed by atoms with Crippen molar-refractivity contribution < 1.29 is 14.3 Å². The Bertz CT molecular complexity index is 485. The molecule has 1 fully saturated rings. The highest BCUT2D eigenvalue weighted by Gasteiger charge is 2.47. The zero-order chi connectivity index (χ0) is 14.0. The van der Waals surface area contributed by atoms with E-state index in [1.54, 1.807) is 18.7 Å². The molecule has 1 aromatic carbocycles. The summed E-state index contributed by atoms with van der Waals surface area (Å²) in [5, 5.41) is 0. The van der Waals surface area contributed by atoms with Gasteiger partial charge in [-0.05, 0) is 26.3 Å². The Kier molecular flexibility index (Phi) is 3.71. The number of hydrogen-bond acceptors (Lipinski definition) is 3. The Morgan fingerprint density at radius 3 is 2.58 bits per heavy atom. The van der Waals surface area contributed by atoms with Gasteiger partial charge >= 0.3 is 0 Å². The summed E-state index contributed by atoms with van der Waals surface area (Å²) >= 11 is 0. The van der Waals surface area contributed by atoms with Crippen LogP contribution in [0, 0.1) is 0 Å². The molecule has 0 aromatic heterocycles. The van der Waals surface area contributed by atoms with E-state index in [4.69, 9.17) is 4.74 Å². The molecule has 4 nitrogen and oxygen atoms in total. The molecule has 0 bridgehead atoms. The summed E-state index contributed by atoms with van der Waals surface area (Å²) in [6, 6.07) is 9.73. The maximum atomic E-state index is 12.2. The molecule has 0 aliphatic carbocycles. The summed E-state index contributed by atoms with van der Waals surface area (Å²) in [5.41, 5.74) is 0.196. The van der Waals surface area contributed by atoms with E-state index in [1.165, 1.54) is 6.92 Å². The van der Waals surface area contributed by atoms with Crippen LogP contribution in [0.25, 0.3) is 0 Å². The second-order valence-corrected chi connectivity index (χ2v) is 5.22. The van der Waals surface area contributed by atoms with Gasteiger partial charge in [-0.15, -0.1) is 0 Å². The van der Waals surface area contributed by atoms with Crippen LogP contribution in [-0.4, -0.2) is 28.4 Å². The quantitative estimate of drug-likeness (QED) is 0.834. The minimum atomic E-state index is -0.835. The molecule has 4 heteroatoms. The highest BCUT2D eigenvalue weighted by Crippen LogP contribution is 2.32. The van der Waals surface area contributed by atoms with Crippen LogP contribution >= 0.6 is 0 Å². The maximum Gasteiger partial charge on any atom is 0.254 e. The van der Waals surface area contributed by atoms with Crippen molar-refractivity contribution in [2.45, 2.75) is 45.6 Å². The van der Waals surface area contributed by atoms with Gasteiger partial charge in [-0.3, -0.25) is 9.59 Å². The molecule has 0 radical (unpaired) electrons. The Morgan fingerprint density at radius 2 is 2.00 bits per heavy atom. The molecule has 102 valence electrons. The standard InChI is InChI=1S/C15H19NO3/c1-11(17)9-15(3)16(14(18)12(2)19-15)10-13-7-5-4-6-8-13/h4-8,12H,9-10H2,1-3H3/t12-,15+/m0/s1. The molecule has 1 saturated heterocycles. The van der Waals surface area contributed by atoms with E-state index in [0.29, 0.717) is 6.54 Å². The summed E-state index contributed by atoms with van der Waals surface area (Å²) in [5.74, 6) is -0.0462. The van der Waals surface area contributed by atoms with Crippen molar-refractivity contribution in [3.63, 3.8) is 0 Å². The highest BCUT2D eigenvalue weighted by atomic mass is 16.5. The fraction of sp³-hybridized carbons (Fsp3) is 0.467. The SMILES string of the molecule is CC(=O)C[C@@]1(C)O[C@@H](C)C(=O)N1Cc1ccccc1. The summed E-state index contributed by atoms with van der Waals surface area (Å²) in [6.45, 7) is 5.51. The van der Waals surface area contributed by atoms with Crippen molar-refractivity contribution in [1.82, 2.24) is 4.90 Å². The molecular formula is C15H19NO3. The fourth-order valence-corrected chi connectivity index (χ4v) is 2.56. The first-order valence-corrected chi connectivity index (χ1v) is 6.45. The van der Waals surface area contributed by atoms with Crippen LogP contribution in [0.4, 0.5) is 0 Å². The number of ketones is 1. The van der Waals surface area contributed by atoms with Crippen molar-refractivity contribution in [3.05, 3.63) is 35.9 Å². The molecule has 2 rings (SSSR count). The first kappa shape index (κ1) is 13.7. The van der Waals surface area contributed by atoms with Gasteiger partial charge < -0.3 is 9.64 Å². The average molecular weight is 261 g/mol. The van der Waals surface area contributed by atoms with E-state index >= 15 is 0 Å². The number of ether oxygens (including phenoxy) is 1. The molecule has 1 amide bonds. The van der Waals surface area contributed by atoms with Gasteiger partial charge in [0.2, 0.25) is 0 Å². The number of benzene rings is 1. The second-order valence-electron chi connectivity index (χ2n) is 5.22. The van der Waals surface area contributed by atoms with Crippen molar-refractivity contribution in [3.8, 4) is 0 Å². The van der Waals surface area contributed by atoms with Gasteiger partial charge in [-0.2, -0.15) is 0 Å². The van der Waals surface area contributed by atoms with Crippen molar-refractivity contribution in [2.75, 3.05) is 0 Å². The predicted octanol–water partition coefficient (Wildman–Crippen LogP) is 2.13. The molecule has 0 saturated carbocycles. The monoisotopic (exact) mass is 261 g/mol. The van der Waals surface area contributed by atoms with Gasteiger partial charge in [-0.25, -0.2) is 0 Å². The number of hydrogen-bond donors (Lipinski definition) is 0. The van der Waals surface area contributed by atoms with Crippen molar-refractivity contribution >= 4 is 11.7 Å². The van der Waals surface area contributed by atoms with Crippen LogP contribution < -0.4 is 0 Å². The number of carbonyl (C=O) groups is 2. The van der Waals surface area contributed by atoms with Crippen molar-refractivity contribution in [2.24, 2.45) is 0 Å². The molecule has 19 heavy (non-hydrogen) atoms. The largest absolute Gasteiger partial charge is 0.343 e. The number of Topliss-reactive ketones (excluding diaryl/α,β-unsaturated/α-hetero) is 1. The normalized spacial score (nSPS) is 26.8. The lowest BCUT2D eigenvalue weighted by atomic mass is 10.1. The lowest BCUT2D eigenvalue weighted by molar-refractivity contribution is -0.138. The zero-order valence-corrected chi connectivity index (χ0v) is 11.6. The summed E-state index contributed by atoms with van der Waals surface area (Å²) in [7, 11) is 0. The summed E-state index contributed by atoms with van der Waals surface area (Å²) < 4.78 is 5.71. The van der Waals surface area contributed by atoms with Gasteiger partial charge in [-0.1, -0.05) is 30.3 Å². The lowest BCUT2D eigenvalue weighted by Gasteiger charge is -2.33. The first-order valence-electron chi connectivity index (χ1n) is 6.45. The van der Waals surface area contributed by atoms with E-state index < -0.39 is 11.8 Å². The molecule has 0 spiro atoms. The van der Waals surface area contributed by atoms with E-state index in [2.05, 4.69) is 0 Å². The third kappa shape index (κ3) is 2.84.